The quantitative estimate of drug-likeness (QED) is 0.692. The molecule has 0 fully saturated rings. The fraction of sp³-hybridized carbons (Fsp3) is 0.412. The first-order valence-corrected chi connectivity index (χ1v) is 10.6. The van der Waals surface area contributed by atoms with E-state index in [1.807, 2.05) is 7.05 Å². The maximum atomic E-state index is 12.4. The molecule has 27 heavy (non-hydrogen) atoms. The molecule has 148 valence electrons. The number of sulfonamides is 1. The lowest BCUT2D eigenvalue weighted by atomic mass is 10.2. The van der Waals surface area contributed by atoms with Crippen molar-refractivity contribution in [2.45, 2.75) is 31.2 Å². The molecule has 0 spiro atoms. The highest BCUT2D eigenvalue weighted by Gasteiger charge is 2.16. The highest BCUT2D eigenvalue weighted by Crippen LogP contribution is 2.17. The van der Waals surface area contributed by atoms with Crippen LogP contribution in [0, 0.1) is 0 Å². The number of benzene rings is 1. The Morgan fingerprint density at radius 2 is 1.89 bits per heavy atom. The van der Waals surface area contributed by atoms with Crippen molar-refractivity contribution in [3.8, 4) is 5.69 Å². The third kappa shape index (κ3) is 5.30. The first-order valence-electron chi connectivity index (χ1n) is 8.41. The molecule has 2 rings (SSSR count). The molecular weight excluding hydrogens is 411 g/mol. The summed E-state index contributed by atoms with van der Waals surface area (Å²) in [6, 6.07) is 6.17. The van der Waals surface area contributed by atoms with Gasteiger partial charge in [-0.2, -0.15) is 9.78 Å². The molecule has 2 aromatic rings. The highest BCUT2D eigenvalue weighted by atomic mass is 35.5. The Kier molecular flexibility index (Phi) is 7.41. The predicted octanol–water partition coefficient (Wildman–Crippen LogP) is 2.55. The smallest absolute Gasteiger partial charge is 0.291 e. The zero-order chi connectivity index (χ0) is 20.2. The second-order valence-corrected chi connectivity index (χ2v) is 8.71. The van der Waals surface area contributed by atoms with Crippen LogP contribution in [0.15, 0.2) is 40.2 Å². The van der Waals surface area contributed by atoms with Crippen molar-refractivity contribution in [1.82, 2.24) is 19.4 Å². The third-order valence-electron chi connectivity index (χ3n) is 4.37. The Hall–Kier alpha value is -1.45. The summed E-state index contributed by atoms with van der Waals surface area (Å²) in [5.74, 6) is 0. The molecule has 1 heterocycles. The van der Waals surface area contributed by atoms with Crippen molar-refractivity contribution in [3.63, 3.8) is 0 Å². The largest absolute Gasteiger partial charge is 0.302 e. The van der Waals surface area contributed by atoms with E-state index in [-0.39, 0.29) is 14.9 Å². The Morgan fingerprint density at radius 3 is 2.48 bits per heavy atom. The van der Waals surface area contributed by atoms with Crippen molar-refractivity contribution in [3.05, 3.63) is 50.9 Å². The lowest BCUT2D eigenvalue weighted by Crippen LogP contribution is -2.37. The summed E-state index contributed by atoms with van der Waals surface area (Å²) in [6.07, 6.45) is 2.25. The fourth-order valence-electron chi connectivity index (χ4n) is 2.33. The van der Waals surface area contributed by atoms with Crippen LogP contribution in [0.5, 0.6) is 0 Å². The van der Waals surface area contributed by atoms with E-state index in [0.717, 1.165) is 11.1 Å². The average Bonchev–Trinajstić information content (AvgIpc) is 2.65. The van der Waals surface area contributed by atoms with Crippen molar-refractivity contribution >= 4 is 33.2 Å². The summed E-state index contributed by atoms with van der Waals surface area (Å²) in [5.41, 5.74) is -0.194. The molecule has 7 nitrogen and oxygen atoms in total. The SMILES string of the molecule is CCC(C)N(C)CCNS(=O)(=O)c1ccc(-n2ncc(Cl)c(Cl)c2=O)cc1. The standard InChI is InChI=1S/C17H22Cl2N4O3S/c1-4-12(2)22(3)10-9-21-27(25,26)14-7-5-13(6-8-14)23-17(24)16(19)15(18)11-20-23/h5-8,11-12,21H,4,9-10H2,1-3H3. The van der Waals surface area contributed by atoms with Gasteiger partial charge in [0.15, 0.2) is 0 Å². The van der Waals surface area contributed by atoms with Gasteiger partial charge < -0.3 is 4.90 Å². The lowest BCUT2D eigenvalue weighted by Gasteiger charge is -2.23. The molecule has 0 aliphatic rings. The molecule has 0 radical (unpaired) electrons. The first kappa shape index (κ1) is 21.8. The molecule has 0 saturated heterocycles. The van der Waals surface area contributed by atoms with Crippen molar-refractivity contribution in [2.75, 3.05) is 20.1 Å². The normalized spacial score (nSPS) is 13.1. The Balaban J connectivity index is 2.12. The van der Waals surface area contributed by atoms with Gasteiger partial charge in [-0.1, -0.05) is 30.1 Å². The molecule has 1 atom stereocenters. The Morgan fingerprint density at radius 1 is 1.26 bits per heavy atom. The van der Waals surface area contributed by atoms with E-state index in [4.69, 9.17) is 23.2 Å². The second kappa shape index (κ2) is 9.16. The predicted molar refractivity (Wildman–Crippen MR) is 107 cm³/mol. The number of aromatic nitrogens is 2. The molecule has 1 unspecified atom stereocenters. The van der Waals surface area contributed by atoms with Gasteiger partial charge in [0.05, 0.1) is 21.8 Å². The molecular formula is C17H22Cl2N4O3S. The number of nitrogens with one attached hydrogen (secondary N) is 1. The van der Waals surface area contributed by atoms with Crippen LogP contribution in [-0.2, 0) is 10.0 Å². The van der Waals surface area contributed by atoms with Gasteiger partial charge in [0.1, 0.15) is 5.02 Å². The fourth-order valence-corrected chi connectivity index (χ4v) is 3.61. The van der Waals surface area contributed by atoms with E-state index in [0.29, 0.717) is 24.8 Å². The van der Waals surface area contributed by atoms with Crippen LogP contribution in [0.4, 0.5) is 0 Å². The van der Waals surface area contributed by atoms with Crippen molar-refractivity contribution < 1.29 is 8.42 Å². The maximum Gasteiger partial charge on any atom is 0.291 e. The van der Waals surface area contributed by atoms with Crippen LogP contribution >= 0.6 is 23.2 Å². The summed E-state index contributed by atoms with van der Waals surface area (Å²) < 4.78 is 28.5. The van der Waals surface area contributed by atoms with Gasteiger partial charge in [0.2, 0.25) is 10.0 Å². The van der Waals surface area contributed by atoms with Crippen LogP contribution < -0.4 is 10.3 Å². The molecule has 1 aromatic carbocycles. The molecule has 10 heteroatoms. The average molecular weight is 433 g/mol. The summed E-state index contributed by atoms with van der Waals surface area (Å²) >= 11 is 11.6. The van der Waals surface area contributed by atoms with E-state index in [1.54, 1.807) is 0 Å². The van der Waals surface area contributed by atoms with E-state index < -0.39 is 15.6 Å². The van der Waals surface area contributed by atoms with Gasteiger partial charge in [-0.05, 0) is 44.7 Å². The molecule has 0 amide bonds. The zero-order valence-corrected chi connectivity index (χ0v) is 17.6. The Bertz CT molecular complexity index is 946. The molecule has 0 aliphatic carbocycles. The van der Waals surface area contributed by atoms with Gasteiger partial charge in [0.25, 0.3) is 5.56 Å². The minimum Gasteiger partial charge on any atom is -0.302 e. The van der Waals surface area contributed by atoms with E-state index in [9.17, 15) is 13.2 Å². The zero-order valence-electron chi connectivity index (χ0n) is 15.3. The van der Waals surface area contributed by atoms with Crippen LogP contribution in [0.2, 0.25) is 10.0 Å². The van der Waals surface area contributed by atoms with E-state index >= 15 is 0 Å². The van der Waals surface area contributed by atoms with Crippen LogP contribution in [0.25, 0.3) is 5.69 Å². The monoisotopic (exact) mass is 432 g/mol. The third-order valence-corrected chi connectivity index (χ3v) is 6.59. The number of hydrogen-bond acceptors (Lipinski definition) is 5. The van der Waals surface area contributed by atoms with Crippen molar-refractivity contribution in [2.24, 2.45) is 0 Å². The minimum atomic E-state index is -3.64. The van der Waals surface area contributed by atoms with E-state index in [1.165, 1.54) is 30.5 Å². The summed E-state index contributed by atoms with van der Waals surface area (Å²) in [4.78, 5) is 14.3. The van der Waals surface area contributed by atoms with Gasteiger partial charge in [-0.3, -0.25) is 4.79 Å². The molecule has 1 aromatic heterocycles. The number of halogens is 2. The molecule has 0 saturated carbocycles. The van der Waals surface area contributed by atoms with Gasteiger partial charge in [-0.15, -0.1) is 0 Å². The summed E-state index contributed by atoms with van der Waals surface area (Å²) in [7, 11) is -1.69. The second-order valence-electron chi connectivity index (χ2n) is 6.15. The molecule has 1 N–H and O–H groups in total. The van der Waals surface area contributed by atoms with Crippen LogP contribution in [0.3, 0.4) is 0 Å². The maximum absolute atomic E-state index is 12.4. The first-order chi connectivity index (χ1) is 12.7. The highest BCUT2D eigenvalue weighted by molar-refractivity contribution is 7.89. The summed E-state index contributed by atoms with van der Waals surface area (Å²) in [6.45, 7) is 5.08. The minimum absolute atomic E-state index is 0.0590. The van der Waals surface area contributed by atoms with Gasteiger partial charge in [0, 0.05) is 19.1 Å². The number of rotatable bonds is 8. The van der Waals surface area contributed by atoms with Crippen LogP contribution in [0.1, 0.15) is 20.3 Å². The van der Waals surface area contributed by atoms with Gasteiger partial charge >= 0.3 is 0 Å². The number of nitrogens with zero attached hydrogens (tertiary/aromatic N) is 3. The number of likely N-dealkylation sites (N-methyl/N-ethyl adjacent to an activating group) is 1. The summed E-state index contributed by atoms with van der Waals surface area (Å²) in [5, 5.41) is 3.83. The molecule has 0 aliphatic heterocycles. The topological polar surface area (TPSA) is 84.3 Å². The lowest BCUT2D eigenvalue weighted by molar-refractivity contribution is 0.256. The van der Waals surface area contributed by atoms with Crippen molar-refractivity contribution in [1.29, 1.82) is 0 Å². The Labute approximate surface area is 168 Å². The van der Waals surface area contributed by atoms with Crippen LogP contribution in [-0.4, -0.2) is 49.3 Å². The molecule has 0 bridgehead atoms. The van der Waals surface area contributed by atoms with Gasteiger partial charge in [-0.25, -0.2) is 13.1 Å². The number of hydrogen-bond donors (Lipinski definition) is 1. The van der Waals surface area contributed by atoms with E-state index in [2.05, 4.69) is 28.6 Å².